The first-order valence-electron chi connectivity index (χ1n) is 7.01. The van der Waals surface area contributed by atoms with Gasteiger partial charge in [0.15, 0.2) is 0 Å². The summed E-state index contributed by atoms with van der Waals surface area (Å²) in [6.45, 7) is 5.94. The fourth-order valence-corrected chi connectivity index (χ4v) is 4.67. The van der Waals surface area contributed by atoms with Crippen molar-refractivity contribution in [1.82, 2.24) is 13.9 Å². The highest BCUT2D eigenvalue weighted by atomic mass is 32.2. The van der Waals surface area contributed by atoms with Crippen molar-refractivity contribution in [3.63, 3.8) is 0 Å². The predicted molar refractivity (Wildman–Crippen MR) is 74.2 cm³/mol. The van der Waals surface area contributed by atoms with E-state index >= 15 is 0 Å². The minimum Gasteiger partial charge on any atom is -0.375 e. The van der Waals surface area contributed by atoms with Crippen molar-refractivity contribution in [2.75, 3.05) is 33.3 Å². The minimum atomic E-state index is -3.36. The first-order valence-corrected chi connectivity index (χ1v) is 8.40. The third kappa shape index (κ3) is 3.28. The number of nitrogens with zero attached hydrogens (tertiary/aromatic N) is 2. The molecule has 7 heteroatoms. The second kappa shape index (κ2) is 6.05. The van der Waals surface area contributed by atoms with E-state index in [1.54, 1.807) is 8.61 Å². The zero-order valence-electron chi connectivity index (χ0n) is 12.0. The van der Waals surface area contributed by atoms with E-state index < -0.39 is 10.2 Å². The number of hydrogen-bond acceptors (Lipinski definition) is 4. The van der Waals surface area contributed by atoms with Crippen molar-refractivity contribution in [2.45, 2.75) is 44.9 Å². The minimum absolute atomic E-state index is 0.0316. The Balaban J connectivity index is 2.12. The Labute approximate surface area is 116 Å². The van der Waals surface area contributed by atoms with Gasteiger partial charge in [-0.2, -0.15) is 17.0 Å². The van der Waals surface area contributed by atoms with Crippen molar-refractivity contribution < 1.29 is 13.2 Å². The lowest BCUT2D eigenvalue weighted by Gasteiger charge is -2.40. The van der Waals surface area contributed by atoms with Crippen LogP contribution in [-0.4, -0.2) is 68.5 Å². The first-order chi connectivity index (χ1) is 8.95. The lowest BCUT2D eigenvalue weighted by atomic mass is 10.1. The van der Waals surface area contributed by atoms with Gasteiger partial charge in [-0.25, -0.2) is 0 Å². The monoisotopic (exact) mass is 291 g/mol. The molecular weight excluding hydrogens is 266 g/mol. The van der Waals surface area contributed by atoms with Gasteiger partial charge >= 0.3 is 0 Å². The molecule has 0 bridgehead atoms. The van der Waals surface area contributed by atoms with Crippen LogP contribution >= 0.6 is 0 Å². The molecule has 2 fully saturated rings. The molecule has 6 nitrogen and oxygen atoms in total. The molecule has 0 aromatic rings. The second-order valence-electron chi connectivity index (χ2n) is 5.56. The standard InChI is InChI=1S/C12H25N3O3S/c1-10-9-18-11(2)7-15(10)19(16,17)14-6-4-5-12(8-14)13-3/h10-13H,4-9H2,1-3H3. The summed E-state index contributed by atoms with van der Waals surface area (Å²) in [7, 11) is -1.47. The molecule has 0 saturated carbocycles. The Morgan fingerprint density at radius 2 is 2.00 bits per heavy atom. The van der Waals surface area contributed by atoms with Crippen LogP contribution < -0.4 is 5.32 Å². The van der Waals surface area contributed by atoms with Crippen LogP contribution in [-0.2, 0) is 14.9 Å². The molecule has 1 N–H and O–H groups in total. The van der Waals surface area contributed by atoms with Gasteiger partial charge in [0.2, 0.25) is 0 Å². The zero-order chi connectivity index (χ0) is 14.0. The van der Waals surface area contributed by atoms with Crippen LogP contribution in [0.2, 0.25) is 0 Å². The van der Waals surface area contributed by atoms with Crippen molar-refractivity contribution in [3.05, 3.63) is 0 Å². The number of morpholine rings is 1. The van der Waals surface area contributed by atoms with Crippen molar-refractivity contribution in [2.24, 2.45) is 0 Å². The summed E-state index contributed by atoms with van der Waals surface area (Å²) in [5.41, 5.74) is 0. The van der Waals surface area contributed by atoms with E-state index in [1.165, 1.54) is 0 Å². The number of nitrogens with one attached hydrogen (secondary N) is 1. The summed E-state index contributed by atoms with van der Waals surface area (Å²) >= 11 is 0. The van der Waals surface area contributed by atoms with E-state index in [1.807, 2.05) is 20.9 Å². The van der Waals surface area contributed by atoms with Gasteiger partial charge in [0.05, 0.1) is 12.7 Å². The molecule has 0 amide bonds. The Morgan fingerprint density at radius 3 is 2.68 bits per heavy atom. The summed E-state index contributed by atoms with van der Waals surface area (Å²) in [6, 6.07) is 0.174. The molecule has 3 unspecified atom stereocenters. The second-order valence-corrected chi connectivity index (χ2v) is 7.44. The van der Waals surface area contributed by atoms with E-state index in [9.17, 15) is 8.42 Å². The molecule has 2 saturated heterocycles. The predicted octanol–water partition coefficient (Wildman–Crippen LogP) is 0.0242. The Morgan fingerprint density at radius 1 is 1.26 bits per heavy atom. The molecule has 0 spiro atoms. The molecule has 0 radical (unpaired) electrons. The fourth-order valence-electron chi connectivity index (χ4n) is 2.73. The molecule has 0 aliphatic carbocycles. The first kappa shape index (κ1) is 15.2. The maximum atomic E-state index is 12.7. The molecule has 2 aliphatic rings. The summed E-state index contributed by atoms with van der Waals surface area (Å²) in [4.78, 5) is 0. The van der Waals surface area contributed by atoms with Crippen molar-refractivity contribution in [1.29, 1.82) is 0 Å². The van der Waals surface area contributed by atoms with E-state index in [0.29, 0.717) is 26.2 Å². The topological polar surface area (TPSA) is 61.9 Å². The van der Waals surface area contributed by atoms with E-state index in [4.69, 9.17) is 4.74 Å². The van der Waals surface area contributed by atoms with Gasteiger partial charge in [0.1, 0.15) is 0 Å². The van der Waals surface area contributed by atoms with Crippen molar-refractivity contribution >= 4 is 10.2 Å². The molecule has 0 aromatic carbocycles. The Kier molecular flexibility index (Phi) is 4.84. The van der Waals surface area contributed by atoms with Gasteiger partial charge in [-0.15, -0.1) is 0 Å². The summed E-state index contributed by atoms with van der Waals surface area (Å²) in [5, 5.41) is 3.18. The maximum absolute atomic E-state index is 12.7. The lowest BCUT2D eigenvalue weighted by Crippen LogP contribution is -2.57. The molecule has 0 aromatic heterocycles. The zero-order valence-corrected chi connectivity index (χ0v) is 12.8. The number of rotatable bonds is 3. The Hall–Kier alpha value is -0.210. The molecule has 112 valence electrons. The number of ether oxygens (including phenoxy) is 1. The van der Waals surface area contributed by atoms with Crippen LogP contribution in [0.15, 0.2) is 0 Å². The van der Waals surface area contributed by atoms with Gasteiger partial charge in [0.25, 0.3) is 10.2 Å². The third-order valence-electron chi connectivity index (χ3n) is 3.97. The largest absolute Gasteiger partial charge is 0.375 e. The van der Waals surface area contributed by atoms with Gasteiger partial charge in [-0.3, -0.25) is 0 Å². The summed E-state index contributed by atoms with van der Waals surface area (Å²) in [6.07, 6.45) is 1.92. The van der Waals surface area contributed by atoms with Gasteiger partial charge in [0, 0.05) is 31.7 Å². The van der Waals surface area contributed by atoms with Crippen LogP contribution in [0.4, 0.5) is 0 Å². The number of likely N-dealkylation sites (N-methyl/N-ethyl adjacent to an activating group) is 1. The van der Waals surface area contributed by atoms with Gasteiger partial charge < -0.3 is 10.1 Å². The number of piperidine rings is 1. The molecule has 2 aliphatic heterocycles. The molecule has 2 heterocycles. The van der Waals surface area contributed by atoms with E-state index in [2.05, 4.69) is 5.32 Å². The molecule has 19 heavy (non-hydrogen) atoms. The third-order valence-corrected chi connectivity index (χ3v) is 6.05. The van der Waals surface area contributed by atoms with Crippen LogP contribution in [0, 0.1) is 0 Å². The van der Waals surface area contributed by atoms with Crippen LogP contribution in [0.25, 0.3) is 0 Å². The highest BCUT2D eigenvalue weighted by Gasteiger charge is 2.38. The van der Waals surface area contributed by atoms with E-state index in [-0.39, 0.29) is 18.2 Å². The van der Waals surface area contributed by atoms with Gasteiger partial charge in [-0.1, -0.05) is 0 Å². The molecule has 2 rings (SSSR count). The highest BCUT2D eigenvalue weighted by Crippen LogP contribution is 2.22. The van der Waals surface area contributed by atoms with E-state index in [0.717, 1.165) is 12.8 Å². The molecule has 3 atom stereocenters. The van der Waals surface area contributed by atoms with Gasteiger partial charge in [-0.05, 0) is 33.7 Å². The fraction of sp³-hybridized carbons (Fsp3) is 1.00. The van der Waals surface area contributed by atoms with Crippen LogP contribution in [0.1, 0.15) is 26.7 Å². The number of hydrogen-bond donors (Lipinski definition) is 1. The quantitative estimate of drug-likeness (QED) is 0.796. The Bertz CT molecular complexity index is 401. The normalized spacial score (nSPS) is 35.4. The van der Waals surface area contributed by atoms with Crippen molar-refractivity contribution in [3.8, 4) is 0 Å². The average Bonchev–Trinajstić information content (AvgIpc) is 2.41. The summed E-state index contributed by atoms with van der Waals surface area (Å²) < 4.78 is 34.2. The SMILES string of the molecule is CNC1CCCN(S(=O)(=O)N2CC(C)OCC2C)C1. The smallest absolute Gasteiger partial charge is 0.282 e. The van der Waals surface area contributed by atoms with Crippen LogP contribution in [0.3, 0.4) is 0 Å². The summed E-state index contributed by atoms with van der Waals surface area (Å²) in [5.74, 6) is 0. The average molecular weight is 291 g/mol. The molecular formula is C12H25N3O3S. The maximum Gasteiger partial charge on any atom is 0.282 e. The van der Waals surface area contributed by atoms with Crippen LogP contribution in [0.5, 0.6) is 0 Å². The highest BCUT2D eigenvalue weighted by molar-refractivity contribution is 7.86. The lowest BCUT2D eigenvalue weighted by molar-refractivity contribution is -0.0193.